The molecule has 0 atom stereocenters. The third-order valence-corrected chi connectivity index (χ3v) is 13.1. The van der Waals surface area contributed by atoms with Gasteiger partial charge in [-0.05, 0) is 95.7 Å². The van der Waals surface area contributed by atoms with Gasteiger partial charge in [0.25, 0.3) is 0 Å². The Balaban J connectivity index is 1.14. The molecule has 0 N–H and O–H groups in total. The molecule has 0 bridgehead atoms. The number of hydrogen-bond acceptors (Lipinski definition) is 4. The molecule has 0 fully saturated rings. The highest BCUT2D eigenvalue weighted by molar-refractivity contribution is 6.25. The highest BCUT2D eigenvalue weighted by Crippen LogP contribution is 2.44. The van der Waals surface area contributed by atoms with Crippen LogP contribution in [0.4, 0.5) is 0 Å². The van der Waals surface area contributed by atoms with Crippen molar-refractivity contribution >= 4 is 64.8 Å². The minimum absolute atomic E-state index is 0.599. The lowest BCUT2D eigenvalue weighted by atomic mass is 9.87. The second-order valence-electron chi connectivity index (χ2n) is 16.9. The van der Waals surface area contributed by atoms with E-state index in [1.807, 2.05) is 0 Å². The molecular formula is C62H38N4. The molecule has 13 rings (SSSR count). The molecule has 0 radical (unpaired) electrons. The molecule has 2 heterocycles. The molecule has 0 aliphatic heterocycles. The van der Waals surface area contributed by atoms with Crippen LogP contribution in [-0.4, -0.2) is 19.9 Å². The van der Waals surface area contributed by atoms with Crippen molar-refractivity contribution in [2.24, 2.45) is 0 Å². The number of fused-ring (bicyclic) bond motifs is 8. The van der Waals surface area contributed by atoms with Crippen LogP contribution >= 0.6 is 0 Å². The highest BCUT2D eigenvalue weighted by atomic mass is 15.0. The van der Waals surface area contributed by atoms with Gasteiger partial charge in [-0.1, -0.05) is 200 Å². The normalized spacial score (nSPS) is 11.6. The van der Waals surface area contributed by atoms with Crippen molar-refractivity contribution < 1.29 is 0 Å². The van der Waals surface area contributed by atoms with Crippen LogP contribution in [0.25, 0.3) is 132 Å². The van der Waals surface area contributed by atoms with Gasteiger partial charge < -0.3 is 0 Å². The number of nitrogens with zero attached hydrogens (tertiary/aromatic N) is 4. The molecule has 0 aliphatic rings. The molecule has 306 valence electrons. The summed E-state index contributed by atoms with van der Waals surface area (Å²) in [7, 11) is 0. The molecule has 0 unspecified atom stereocenters. The minimum atomic E-state index is 0.599. The first kappa shape index (κ1) is 37.7. The number of pyridine rings is 1. The molecular weight excluding hydrogens is 801 g/mol. The first-order valence-corrected chi connectivity index (χ1v) is 22.4. The fourth-order valence-electron chi connectivity index (χ4n) is 10.0. The molecule has 66 heavy (non-hydrogen) atoms. The molecule has 2 aromatic heterocycles. The Kier molecular flexibility index (Phi) is 8.81. The molecule has 11 aromatic carbocycles. The van der Waals surface area contributed by atoms with Gasteiger partial charge in [0.15, 0.2) is 17.5 Å². The van der Waals surface area contributed by atoms with Crippen molar-refractivity contribution in [3.05, 3.63) is 231 Å². The molecule has 4 nitrogen and oxygen atoms in total. The summed E-state index contributed by atoms with van der Waals surface area (Å²) in [6.07, 6.45) is 0. The van der Waals surface area contributed by atoms with Gasteiger partial charge in [-0.2, -0.15) is 0 Å². The van der Waals surface area contributed by atoms with E-state index in [0.29, 0.717) is 17.5 Å². The smallest absolute Gasteiger partial charge is 0.164 e. The maximum atomic E-state index is 5.43. The lowest BCUT2D eigenvalue weighted by molar-refractivity contribution is 1.08. The van der Waals surface area contributed by atoms with E-state index >= 15 is 0 Å². The third-order valence-electron chi connectivity index (χ3n) is 13.1. The van der Waals surface area contributed by atoms with Crippen LogP contribution in [0.1, 0.15) is 0 Å². The zero-order valence-corrected chi connectivity index (χ0v) is 35.7. The van der Waals surface area contributed by atoms with Crippen LogP contribution < -0.4 is 0 Å². The van der Waals surface area contributed by atoms with Crippen LogP contribution in [0.15, 0.2) is 231 Å². The van der Waals surface area contributed by atoms with Gasteiger partial charge in [0, 0.05) is 38.4 Å². The SMILES string of the molecule is c1ccc(-c2nc3ccccc3c3c2cc(-c2cc(-c4nc(-c5cccc6ccccc56)nc(-c5cccc6ccccc56)n4)cc(-c4cccc5ccccc45)c2)c2ccccc23)cc1. The van der Waals surface area contributed by atoms with Gasteiger partial charge in [-0.3, -0.25) is 0 Å². The van der Waals surface area contributed by atoms with Gasteiger partial charge >= 0.3 is 0 Å². The molecule has 0 saturated carbocycles. The third kappa shape index (κ3) is 6.30. The first-order valence-electron chi connectivity index (χ1n) is 22.4. The Morgan fingerprint density at radius 1 is 0.227 bits per heavy atom. The Morgan fingerprint density at radius 2 is 0.667 bits per heavy atom. The summed E-state index contributed by atoms with van der Waals surface area (Å²) in [6.45, 7) is 0. The topological polar surface area (TPSA) is 51.6 Å². The van der Waals surface area contributed by atoms with Crippen LogP contribution in [0.2, 0.25) is 0 Å². The maximum absolute atomic E-state index is 5.43. The molecule has 4 heteroatoms. The quantitative estimate of drug-likeness (QED) is 0.157. The fraction of sp³-hybridized carbons (Fsp3) is 0. The molecule has 0 spiro atoms. The van der Waals surface area contributed by atoms with Gasteiger partial charge in [0.1, 0.15) is 0 Å². The van der Waals surface area contributed by atoms with E-state index in [-0.39, 0.29) is 0 Å². The van der Waals surface area contributed by atoms with Crippen LogP contribution in [0, 0.1) is 0 Å². The van der Waals surface area contributed by atoms with E-state index in [0.717, 1.165) is 93.4 Å². The number of rotatable bonds is 6. The minimum Gasteiger partial charge on any atom is -0.247 e. The summed E-state index contributed by atoms with van der Waals surface area (Å²) in [5, 5.41) is 12.6. The highest BCUT2D eigenvalue weighted by Gasteiger charge is 2.21. The standard InChI is InChI=1S/C62H38N4/c1-2-20-42(21-3-1)59-56-38-55(50-28-10-11-29-51(50)58(56)54-30-12-13-34-57(54)63-59)44-35-43(49-31-14-22-39-17-4-7-25-46(39)49)36-45(37-44)60-64-61(52-32-15-23-40-18-5-8-26-47(40)52)66-62(65-60)53-33-16-24-41-19-6-9-27-48(41)53/h1-38H. The Bertz CT molecular complexity index is 3950. The van der Waals surface area contributed by atoms with Gasteiger partial charge in [0.05, 0.1) is 11.2 Å². The summed E-state index contributed by atoms with van der Waals surface area (Å²) >= 11 is 0. The predicted octanol–water partition coefficient (Wildman–Crippen LogP) is 16.2. The van der Waals surface area contributed by atoms with Crippen LogP contribution in [0.3, 0.4) is 0 Å². The summed E-state index contributed by atoms with van der Waals surface area (Å²) < 4.78 is 0. The number of para-hydroxylation sites is 1. The number of aromatic nitrogens is 4. The second kappa shape index (κ2) is 15.4. The van der Waals surface area contributed by atoms with Crippen LogP contribution in [0.5, 0.6) is 0 Å². The van der Waals surface area contributed by atoms with Gasteiger partial charge in [0.2, 0.25) is 0 Å². The molecule has 0 aliphatic carbocycles. The van der Waals surface area contributed by atoms with E-state index < -0.39 is 0 Å². The Morgan fingerprint density at radius 3 is 1.29 bits per heavy atom. The van der Waals surface area contributed by atoms with Crippen molar-refractivity contribution in [1.82, 2.24) is 19.9 Å². The zero-order chi connectivity index (χ0) is 43.6. The van der Waals surface area contributed by atoms with Gasteiger partial charge in [-0.15, -0.1) is 0 Å². The monoisotopic (exact) mass is 838 g/mol. The first-order chi connectivity index (χ1) is 32.7. The van der Waals surface area contributed by atoms with E-state index in [9.17, 15) is 0 Å². The zero-order valence-electron chi connectivity index (χ0n) is 35.7. The summed E-state index contributed by atoms with van der Waals surface area (Å²) in [5.41, 5.74) is 10.2. The Hall–Kier alpha value is -8.86. The largest absolute Gasteiger partial charge is 0.247 e. The van der Waals surface area contributed by atoms with E-state index in [4.69, 9.17) is 19.9 Å². The maximum Gasteiger partial charge on any atom is 0.164 e. The van der Waals surface area contributed by atoms with E-state index in [1.54, 1.807) is 0 Å². The summed E-state index contributed by atoms with van der Waals surface area (Å²) in [4.78, 5) is 21.5. The second-order valence-corrected chi connectivity index (χ2v) is 16.9. The van der Waals surface area contributed by atoms with Crippen molar-refractivity contribution in [2.45, 2.75) is 0 Å². The van der Waals surface area contributed by atoms with E-state index in [2.05, 4.69) is 231 Å². The predicted molar refractivity (Wildman–Crippen MR) is 275 cm³/mol. The average Bonchev–Trinajstić information content (AvgIpc) is 3.39. The average molecular weight is 839 g/mol. The van der Waals surface area contributed by atoms with Crippen molar-refractivity contribution in [1.29, 1.82) is 0 Å². The van der Waals surface area contributed by atoms with Crippen molar-refractivity contribution in [3.8, 4) is 67.7 Å². The van der Waals surface area contributed by atoms with E-state index in [1.165, 1.54) is 21.5 Å². The Labute approximate surface area is 381 Å². The van der Waals surface area contributed by atoms with Crippen molar-refractivity contribution in [3.63, 3.8) is 0 Å². The summed E-state index contributed by atoms with van der Waals surface area (Å²) in [5.74, 6) is 1.85. The van der Waals surface area contributed by atoms with Gasteiger partial charge in [-0.25, -0.2) is 19.9 Å². The number of hydrogen-bond donors (Lipinski definition) is 0. The number of benzene rings is 11. The fourth-order valence-corrected chi connectivity index (χ4v) is 10.0. The van der Waals surface area contributed by atoms with Crippen molar-refractivity contribution in [2.75, 3.05) is 0 Å². The lowest BCUT2D eigenvalue weighted by Crippen LogP contribution is -2.01. The van der Waals surface area contributed by atoms with Crippen LogP contribution in [-0.2, 0) is 0 Å². The summed E-state index contributed by atoms with van der Waals surface area (Å²) in [6, 6.07) is 81.9. The molecule has 13 aromatic rings. The molecule has 0 saturated heterocycles. The lowest BCUT2D eigenvalue weighted by Gasteiger charge is -2.18. The molecule has 0 amide bonds.